The van der Waals surface area contributed by atoms with Crippen LogP contribution in [0.2, 0.25) is 0 Å². The Hall–Kier alpha value is -1.12. The maximum atomic E-state index is 4.59. The molecule has 0 radical (unpaired) electrons. The van der Waals surface area contributed by atoms with E-state index in [1.54, 1.807) is 0 Å². The van der Waals surface area contributed by atoms with Crippen molar-refractivity contribution < 1.29 is 0 Å². The highest BCUT2D eigenvalue weighted by Crippen LogP contribution is 2.23. The fourth-order valence-electron chi connectivity index (χ4n) is 1.67. The molecule has 3 nitrogen and oxygen atoms in total. The molecule has 82 valence electrons. The van der Waals surface area contributed by atoms with Gasteiger partial charge in [0, 0.05) is 17.9 Å². The number of nitrogens with zero attached hydrogens (tertiary/aromatic N) is 2. The highest BCUT2D eigenvalue weighted by atomic mass is 15.1. The Morgan fingerprint density at radius 3 is 2.80 bits per heavy atom. The lowest BCUT2D eigenvalue weighted by atomic mass is 10.1. The third kappa shape index (κ3) is 2.67. The lowest BCUT2D eigenvalue weighted by molar-refractivity contribution is 0.842. The van der Waals surface area contributed by atoms with E-state index in [4.69, 9.17) is 0 Å². The molecule has 0 atom stereocenters. The van der Waals surface area contributed by atoms with Crippen molar-refractivity contribution in [1.29, 1.82) is 0 Å². The predicted octanol–water partition coefficient (Wildman–Crippen LogP) is 2.57. The smallest absolute Gasteiger partial charge is 0.223 e. The first-order valence-corrected chi connectivity index (χ1v) is 5.94. The molecule has 1 aromatic rings. The molecule has 1 aromatic heterocycles. The van der Waals surface area contributed by atoms with E-state index in [-0.39, 0.29) is 0 Å². The van der Waals surface area contributed by atoms with Crippen molar-refractivity contribution >= 4 is 5.95 Å². The molecule has 1 heterocycles. The molecule has 0 saturated heterocycles. The Morgan fingerprint density at radius 2 is 2.20 bits per heavy atom. The van der Waals surface area contributed by atoms with Crippen LogP contribution in [0, 0.1) is 0 Å². The molecule has 0 aliphatic heterocycles. The van der Waals surface area contributed by atoms with E-state index in [1.807, 2.05) is 6.20 Å². The maximum absolute atomic E-state index is 4.59. The molecule has 1 fully saturated rings. The zero-order valence-electron chi connectivity index (χ0n) is 9.58. The number of nitrogens with one attached hydrogen (secondary N) is 1. The number of anilines is 1. The summed E-state index contributed by atoms with van der Waals surface area (Å²) in [5.41, 5.74) is 2.51. The van der Waals surface area contributed by atoms with E-state index in [1.165, 1.54) is 24.1 Å². The Morgan fingerprint density at radius 1 is 1.40 bits per heavy atom. The molecule has 0 unspecified atom stereocenters. The quantitative estimate of drug-likeness (QED) is 0.802. The molecule has 2 rings (SSSR count). The van der Waals surface area contributed by atoms with Crippen LogP contribution in [-0.4, -0.2) is 16.0 Å². The number of rotatable bonds is 5. The van der Waals surface area contributed by atoms with Crippen LogP contribution in [0.4, 0.5) is 5.95 Å². The Bertz CT molecular complexity index is 332. The second-order valence-corrected chi connectivity index (χ2v) is 4.19. The Kier molecular flexibility index (Phi) is 3.19. The maximum Gasteiger partial charge on any atom is 0.223 e. The summed E-state index contributed by atoms with van der Waals surface area (Å²) in [6, 6.07) is 0.631. The van der Waals surface area contributed by atoms with Gasteiger partial charge in [-0.3, -0.25) is 0 Å². The zero-order valence-corrected chi connectivity index (χ0v) is 9.58. The van der Waals surface area contributed by atoms with E-state index in [0.717, 1.165) is 25.2 Å². The summed E-state index contributed by atoms with van der Waals surface area (Å²) in [5.74, 6) is 0.818. The van der Waals surface area contributed by atoms with Crippen LogP contribution in [-0.2, 0) is 12.8 Å². The van der Waals surface area contributed by atoms with Crippen molar-refractivity contribution in [2.24, 2.45) is 0 Å². The number of aryl methyl sites for hydroxylation is 2. The third-order valence-electron chi connectivity index (χ3n) is 2.73. The van der Waals surface area contributed by atoms with Gasteiger partial charge in [0.05, 0.1) is 0 Å². The molecule has 0 aromatic carbocycles. The van der Waals surface area contributed by atoms with Crippen LogP contribution in [0.3, 0.4) is 0 Å². The van der Waals surface area contributed by atoms with Gasteiger partial charge in [-0.25, -0.2) is 9.97 Å². The van der Waals surface area contributed by atoms with E-state index >= 15 is 0 Å². The second kappa shape index (κ2) is 4.60. The minimum Gasteiger partial charge on any atom is -0.351 e. The highest BCUT2D eigenvalue weighted by Gasteiger charge is 2.22. The van der Waals surface area contributed by atoms with Gasteiger partial charge in [0.25, 0.3) is 0 Å². The van der Waals surface area contributed by atoms with E-state index in [9.17, 15) is 0 Å². The van der Waals surface area contributed by atoms with Crippen LogP contribution < -0.4 is 5.32 Å². The van der Waals surface area contributed by atoms with Gasteiger partial charge >= 0.3 is 0 Å². The lowest BCUT2D eigenvalue weighted by Gasteiger charge is -2.08. The van der Waals surface area contributed by atoms with Crippen LogP contribution in [0.1, 0.15) is 44.4 Å². The summed E-state index contributed by atoms with van der Waals surface area (Å²) >= 11 is 0. The van der Waals surface area contributed by atoms with Crippen LogP contribution in [0.15, 0.2) is 6.20 Å². The molecule has 0 spiro atoms. The van der Waals surface area contributed by atoms with Crippen molar-refractivity contribution in [2.75, 3.05) is 5.32 Å². The Labute approximate surface area is 91.3 Å². The minimum atomic E-state index is 0.631. The van der Waals surface area contributed by atoms with Gasteiger partial charge in [-0.1, -0.05) is 20.3 Å². The number of hydrogen-bond acceptors (Lipinski definition) is 3. The summed E-state index contributed by atoms with van der Waals surface area (Å²) in [7, 11) is 0. The van der Waals surface area contributed by atoms with E-state index in [2.05, 4.69) is 29.1 Å². The predicted molar refractivity (Wildman–Crippen MR) is 62.0 cm³/mol. The molecular formula is C12H19N3. The van der Waals surface area contributed by atoms with Gasteiger partial charge in [-0.2, -0.15) is 0 Å². The fourth-order valence-corrected chi connectivity index (χ4v) is 1.67. The van der Waals surface area contributed by atoms with Crippen molar-refractivity contribution in [1.82, 2.24) is 9.97 Å². The first-order valence-electron chi connectivity index (χ1n) is 5.94. The molecule has 15 heavy (non-hydrogen) atoms. The summed E-state index contributed by atoms with van der Waals surface area (Å²) in [6.45, 7) is 4.35. The van der Waals surface area contributed by atoms with Crippen LogP contribution in [0.25, 0.3) is 0 Å². The lowest BCUT2D eigenvalue weighted by Crippen LogP contribution is -2.08. The van der Waals surface area contributed by atoms with Crippen molar-refractivity contribution in [3.8, 4) is 0 Å². The second-order valence-electron chi connectivity index (χ2n) is 4.19. The summed E-state index contributed by atoms with van der Waals surface area (Å²) in [6.07, 6.45) is 7.74. The van der Waals surface area contributed by atoms with Gasteiger partial charge in [-0.05, 0) is 31.2 Å². The summed E-state index contributed by atoms with van der Waals surface area (Å²) in [4.78, 5) is 8.94. The van der Waals surface area contributed by atoms with Crippen LogP contribution in [0.5, 0.6) is 0 Å². The standard InChI is InChI=1S/C12H19N3/c1-3-5-11-9(4-2)8-13-12(15-11)14-10-6-7-10/h8,10H,3-7H2,1-2H3,(H,13,14,15). The summed E-state index contributed by atoms with van der Waals surface area (Å²) in [5, 5.41) is 3.34. The molecule has 1 aliphatic carbocycles. The average molecular weight is 205 g/mol. The van der Waals surface area contributed by atoms with Gasteiger partial charge in [0.15, 0.2) is 0 Å². The molecule has 0 amide bonds. The van der Waals surface area contributed by atoms with E-state index in [0.29, 0.717) is 6.04 Å². The summed E-state index contributed by atoms with van der Waals surface area (Å²) < 4.78 is 0. The molecule has 1 saturated carbocycles. The van der Waals surface area contributed by atoms with Crippen molar-refractivity contribution in [3.05, 3.63) is 17.5 Å². The first-order chi connectivity index (χ1) is 7.33. The van der Waals surface area contributed by atoms with Crippen molar-refractivity contribution in [3.63, 3.8) is 0 Å². The largest absolute Gasteiger partial charge is 0.351 e. The van der Waals surface area contributed by atoms with Gasteiger partial charge < -0.3 is 5.32 Å². The van der Waals surface area contributed by atoms with E-state index < -0.39 is 0 Å². The molecule has 1 aliphatic rings. The van der Waals surface area contributed by atoms with Crippen molar-refractivity contribution in [2.45, 2.75) is 52.0 Å². The number of aromatic nitrogens is 2. The monoisotopic (exact) mass is 205 g/mol. The number of hydrogen-bond donors (Lipinski definition) is 1. The normalized spacial score (nSPS) is 15.3. The van der Waals surface area contributed by atoms with Gasteiger partial charge in [0.1, 0.15) is 0 Å². The van der Waals surface area contributed by atoms with Crippen LogP contribution >= 0.6 is 0 Å². The average Bonchev–Trinajstić information content (AvgIpc) is 3.03. The molecular weight excluding hydrogens is 186 g/mol. The molecule has 3 heteroatoms. The highest BCUT2D eigenvalue weighted by molar-refractivity contribution is 5.32. The topological polar surface area (TPSA) is 37.8 Å². The first kappa shape index (κ1) is 10.4. The van der Waals surface area contributed by atoms with Gasteiger partial charge in [-0.15, -0.1) is 0 Å². The Balaban J connectivity index is 2.14. The minimum absolute atomic E-state index is 0.631. The molecule has 0 bridgehead atoms. The third-order valence-corrected chi connectivity index (χ3v) is 2.73. The molecule has 1 N–H and O–H groups in total. The zero-order chi connectivity index (χ0) is 10.7. The fraction of sp³-hybridized carbons (Fsp3) is 0.667. The van der Waals surface area contributed by atoms with Gasteiger partial charge in [0.2, 0.25) is 5.95 Å². The SMILES string of the molecule is CCCc1nc(NC2CC2)ncc1CC.